The van der Waals surface area contributed by atoms with Crippen LogP contribution in [0.4, 0.5) is 5.00 Å². The van der Waals surface area contributed by atoms with Gasteiger partial charge >= 0.3 is 5.97 Å². The van der Waals surface area contributed by atoms with Crippen molar-refractivity contribution in [1.29, 1.82) is 0 Å². The summed E-state index contributed by atoms with van der Waals surface area (Å²) in [4.78, 5) is 25.7. The van der Waals surface area contributed by atoms with Gasteiger partial charge in [0.15, 0.2) is 11.0 Å². The number of hydrogen-bond acceptors (Lipinski definition) is 9. The van der Waals surface area contributed by atoms with Crippen LogP contribution < -0.4 is 14.8 Å². The van der Waals surface area contributed by atoms with E-state index in [4.69, 9.17) is 14.2 Å². The Kier molecular flexibility index (Phi) is 8.72. The Labute approximate surface area is 200 Å². The number of methoxy groups -OCH3 is 1. The summed E-state index contributed by atoms with van der Waals surface area (Å²) in [5, 5.41) is 12.2. The standard InChI is InChI=1S/C22H26N4O5S2/c1-5-16-11-17(21(28)30-6-2)20(33-16)23-19(27)13-32-22-25-24-18(26(22)3)12-31-15-9-7-14(29-4)8-10-15/h7-11H,5-6,12-13H2,1-4H3,(H,23,27). The molecule has 0 radical (unpaired) electrons. The summed E-state index contributed by atoms with van der Waals surface area (Å²) in [6.07, 6.45) is 0.766. The second-order valence-electron chi connectivity index (χ2n) is 6.79. The lowest BCUT2D eigenvalue weighted by molar-refractivity contribution is -0.113. The highest BCUT2D eigenvalue weighted by molar-refractivity contribution is 7.99. The van der Waals surface area contributed by atoms with Gasteiger partial charge in [-0.3, -0.25) is 4.79 Å². The molecule has 176 valence electrons. The first-order valence-electron chi connectivity index (χ1n) is 10.3. The summed E-state index contributed by atoms with van der Waals surface area (Å²) < 4.78 is 17.8. The quantitative estimate of drug-likeness (QED) is 0.318. The van der Waals surface area contributed by atoms with E-state index in [9.17, 15) is 9.59 Å². The molecule has 0 unspecified atom stereocenters. The number of esters is 1. The second kappa shape index (κ2) is 11.7. The number of amides is 1. The Morgan fingerprint density at radius 2 is 1.88 bits per heavy atom. The maximum Gasteiger partial charge on any atom is 0.341 e. The van der Waals surface area contributed by atoms with Crippen molar-refractivity contribution < 1.29 is 23.8 Å². The topological polar surface area (TPSA) is 105 Å². The molecule has 1 N–H and O–H groups in total. The first-order valence-corrected chi connectivity index (χ1v) is 12.1. The van der Waals surface area contributed by atoms with E-state index in [0.29, 0.717) is 27.3 Å². The highest BCUT2D eigenvalue weighted by atomic mass is 32.2. The van der Waals surface area contributed by atoms with E-state index in [1.54, 1.807) is 24.7 Å². The average molecular weight is 491 g/mol. The van der Waals surface area contributed by atoms with Crippen LogP contribution in [0.25, 0.3) is 0 Å². The van der Waals surface area contributed by atoms with Gasteiger partial charge in [0.25, 0.3) is 0 Å². The molecular formula is C22H26N4O5S2. The zero-order valence-electron chi connectivity index (χ0n) is 18.9. The molecule has 0 saturated carbocycles. The van der Waals surface area contributed by atoms with Gasteiger partial charge in [-0.25, -0.2) is 4.79 Å². The smallest absolute Gasteiger partial charge is 0.341 e. The number of carbonyl (C=O) groups excluding carboxylic acids is 2. The molecule has 1 amide bonds. The summed E-state index contributed by atoms with van der Waals surface area (Å²) in [6.45, 7) is 4.25. The number of thioether (sulfide) groups is 1. The fraction of sp³-hybridized carbons (Fsp3) is 0.364. The molecule has 0 saturated heterocycles. The number of rotatable bonds is 11. The molecule has 11 heteroatoms. The van der Waals surface area contributed by atoms with E-state index in [1.807, 2.05) is 38.2 Å². The lowest BCUT2D eigenvalue weighted by Gasteiger charge is -2.08. The van der Waals surface area contributed by atoms with Crippen LogP contribution in [0.5, 0.6) is 11.5 Å². The van der Waals surface area contributed by atoms with E-state index in [2.05, 4.69) is 15.5 Å². The van der Waals surface area contributed by atoms with Crippen LogP contribution in [0.3, 0.4) is 0 Å². The van der Waals surface area contributed by atoms with Gasteiger partial charge in [0.2, 0.25) is 5.91 Å². The van der Waals surface area contributed by atoms with E-state index in [0.717, 1.165) is 17.0 Å². The summed E-state index contributed by atoms with van der Waals surface area (Å²) >= 11 is 2.63. The fourth-order valence-corrected chi connectivity index (χ4v) is 4.51. The number of nitrogens with one attached hydrogen (secondary N) is 1. The molecule has 9 nitrogen and oxygen atoms in total. The molecule has 2 aromatic heterocycles. The number of ether oxygens (including phenoxy) is 3. The van der Waals surface area contributed by atoms with Crippen LogP contribution in [-0.4, -0.2) is 46.1 Å². The summed E-state index contributed by atoms with van der Waals surface area (Å²) in [7, 11) is 3.43. The predicted octanol–water partition coefficient (Wildman–Crippen LogP) is 3.93. The Hall–Kier alpha value is -3.05. The SMILES string of the molecule is CCOC(=O)c1cc(CC)sc1NC(=O)CSc1nnc(COc2ccc(OC)cc2)n1C. The van der Waals surface area contributed by atoms with Gasteiger partial charge in [-0.15, -0.1) is 21.5 Å². The van der Waals surface area contributed by atoms with Gasteiger partial charge in [0, 0.05) is 11.9 Å². The summed E-state index contributed by atoms with van der Waals surface area (Å²) in [5.74, 6) is 1.50. The first-order chi connectivity index (χ1) is 15.9. The van der Waals surface area contributed by atoms with Gasteiger partial charge < -0.3 is 24.1 Å². The molecule has 0 aliphatic carbocycles. The molecule has 0 aliphatic rings. The summed E-state index contributed by atoms with van der Waals surface area (Å²) in [5.41, 5.74) is 0.383. The van der Waals surface area contributed by atoms with Gasteiger partial charge in [-0.1, -0.05) is 18.7 Å². The zero-order chi connectivity index (χ0) is 23.8. The lowest BCUT2D eigenvalue weighted by Crippen LogP contribution is -2.16. The fourth-order valence-electron chi connectivity index (χ4n) is 2.78. The average Bonchev–Trinajstić information content (AvgIpc) is 3.39. The maximum atomic E-state index is 12.5. The van der Waals surface area contributed by atoms with E-state index in [1.165, 1.54) is 23.1 Å². The van der Waals surface area contributed by atoms with Gasteiger partial charge in [-0.2, -0.15) is 0 Å². The Morgan fingerprint density at radius 1 is 1.15 bits per heavy atom. The molecule has 3 rings (SSSR count). The zero-order valence-corrected chi connectivity index (χ0v) is 20.5. The third-order valence-corrected chi connectivity index (χ3v) is 6.78. The van der Waals surface area contributed by atoms with Gasteiger partial charge in [0.05, 0.1) is 25.0 Å². The minimum absolute atomic E-state index is 0.118. The van der Waals surface area contributed by atoms with Crippen LogP contribution in [0.1, 0.15) is 34.9 Å². The Balaban J connectivity index is 1.56. The number of anilines is 1. The minimum atomic E-state index is -0.439. The van der Waals surface area contributed by atoms with E-state index >= 15 is 0 Å². The number of benzene rings is 1. The molecule has 0 spiro atoms. The third-order valence-electron chi connectivity index (χ3n) is 4.56. The van der Waals surface area contributed by atoms with Gasteiger partial charge in [0.1, 0.15) is 23.1 Å². The largest absolute Gasteiger partial charge is 0.497 e. The van der Waals surface area contributed by atoms with Crippen molar-refractivity contribution in [2.75, 3.05) is 24.8 Å². The van der Waals surface area contributed by atoms with Crippen molar-refractivity contribution in [3.63, 3.8) is 0 Å². The number of nitrogens with zero attached hydrogens (tertiary/aromatic N) is 3. The van der Waals surface area contributed by atoms with Crippen molar-refractivity contribution in [2.24, 2.45) is 7.05 Å². The summed E-state index contributed by atoms with van der Waals surface area (Å²) in [6, 6.07) is 9.03. The number of aryl methyl sites for hydroxylation is 1. The first kappa shape index (κ1) is 24.6. The lowest BCUT2D eigenvalue weighted by atomic mass is 10.2. The van der Waals surface area contributed by atoms with Crippen molar-refractivity contribution in [2.45, 2.75) is 32.0 Å². The normalized spacial score (nSPS) is 10.7. The Morgan fingerprint density at radius 3 is 2.55 bits per heavy atom. The van der Waals surface area contributed by atoms with Gasteiger partial charge in [-0.05, 0) is 43.7 Å². The minimum Gasteiger partial charge on any atom is -0.497 e. The third kappa shape index (κ3) is 6.48. The van der Waals surface area contributed by atoms with Crippen LogP contribution in [0.15, 0.2) is 35.5 Å². The van der Waals surface area contributed by atoms with Crippen molar-refractivity contribution in [1.82, 2.24) is 14.8 Å². The molecule has 0 aliphatic heterocycles. The van der Waals surface area contributed by atoms with E-state index < -0.39 is 5.97 Å². The van der Waals surface area contributed by atoms with E-state index in [-0.39, 0.29) is 24.9 Å². The van der Waals surface area contributed by atoms with Crippen molar-refractivity contribution in [3.8, 4) is 11.5 Å². The molecular weight excluding hydrogens is 464 g/mol. The highest BCUT2D eigenvalue weighted by Gasteiger charge is 2.19. The van der Waals surface area contributed by atoms with Crippen LogP contribution in [0, 0.1) is 0 Å². The number of hydrogen-bond donors (Lipinski definition) is 1. The van der Waals surface area contributed by atoms with Crippen molar-refractivity contribution >= 4 is 40.0 Å². The number of thiophene rings is 1. The molecule has 0 fully saturated rings. The van der Waals surface area contributed by atoms with Crippen LogP contribution in [0.2, 0.25) is 0 Å². The molecule has 3 aromatic rings. The number of aromatic nitrogens is 3. The molecule has 2 heterocycles. The van der Waals surface area contributed by atoms with Crippen molar-refractivity contribution in [3.05, 3.63) is 46.6 Å². The monoisotopic (exact) mass is 490 g/mol. The second-order valence-corrected chi connectivity index (χ2v) is 8.87. The predicted molar refractivity (Wildman–Crippen MR) is 127 cm³/mol. The van der Waals surface area contributed by atoms with Crippen LogP contribution in [-0.2, 0) is 29.6 Å². The highest BCUT2D eigenvalue weighted by Crippen LogP contribution is 2.30. The maximum absolute atomic E-state index is 12.5. The number of carbonyl (C=O) groups is 2. The Bertz CT molecular complexity index is 1090. The molecule has 1 aromatic carbocycles. The molecule has 0 atom stereocenters. The van der Waals surface area contributed by atoms with Crippen LogP contribution >= 0.6 is 23.1 Å². The molecule has 33 heavy (non-hydrogen) atoms. The molecule has 0 bridgehead atoms.